The fourth-order valence-corrected chi connectivity index (χ4v) is 2.45. The van der Waals surface area contributed by atoms with E-state index in [2.05, 4.69) is 23.2 Å². The lowest BCUT2D eigenvalue weighted by molar-refractivity contribution is 0.180. The topological polar surface area (TPSA) is 39.1 Å². The van der Waals surface area contributed by atoms with Gasteiger partial charge in [-0.25, -0.2) is 0 Å². The summed E-state index contributed by atoms with van der Waals surface area (Å²) in [6.07, 6.45) is 7.76. The Balaban J connectivity index is 1.64. The minimum Gasteiger partial charge on any atom is -0.303 e. The van der Waals surface area contributed by atoms with E-state index in [1.165, 1.54) is 38.6 Å². The van der Waals surface area contributed by atoms with Crippen molar-refractivity contribution in [3.63, 3.8) is 0 Å². The molecule has 2 saturated carbocycles. The van der Waals surface area contributed by atoms with Gasteiger partial charge in [0.15, 0.2) is 0 Å². The van der Waals surface area contributed by atoms with Gasteiger partial charge in [-0.3, -0.25) is 5.32 Å². The molecule has 0 aromatic heterocycles. The van der Waals surface area contributed by atoms with Crippen LogP contribution >= 0.6 is 0 Å². The van der Waals surface area contributed by atoms with Crippen LogP contribution < -0.4 is 5.32 Å². The summed E-state index contributed by atoms with van der Waals surface area (Å²) in [7, 11) is 0. The summed E-state index contributed by atoms with van der Waals surface area (Å²) in [6.45, 7) is 5.68. The Bertz CT molecular complexity index is 263. The van der Waals surface area contributed by atoms with Gasteiger partial charge < -0.3 is 4.90 Å². The highest BCUT2D eigenvalue weighted by Crippen LogP contribution is 2.27. The number of hydrogen-bond acceptors (Lipinski definition) is 3. The molecule has 0 amide bonds. The maximum atomic E-state index is 9.10. The molecule has 0 radical (unpaired) electrons. The number of hydrogen-bond donors (Lipinski definition) is 1. The molecule has 2 rings (SSSR count). The second kappa shape index (κ2) is 6.37. The molecule has 0 saturated heterocycles. The van der Waals surface area contributed by atoms with Gasteiger partial charge in [-0.1, -0.05) is 13.3 Å². The van der Waals surface area contributed by atoms with Crippen LogP contribution in [0.1, 0.15) is 45.4 Å². The molecule has 2 aliphatic rings. The summed E-state index contributed by atoms with van der Waals surface area (Å²) < 4.78 is 0. The summed E-state index contributed by atoms with van der Waals surface area (Å²) in [5, 5.41) is 12.5. The second-order valence-corrected chi connectivity index (χ2v) is 5.60. The van der Waals surface area contributed by atoms with Crippen molar-refractivity contribution in [3.05, 3.63) is 0 Å². The molecule has 0 heterocycles. The van der Waals surface area contributed by atoms with Crippen molar-refractivity contribution in [3.8, 4) is 6.07 Å². The van der Waals surface area contributed by atoms with Gasteiger partial charge in [-0.2, -0.15) is 5.26 Å². The monoisotopic (exact) mass is 235 g/mol. The number of nitrogens with zero attached hydrogens (tertiary/aromatic N) is 2. The molecule has 2 aliphatic carbocycles. The summed E-state index contributed by atoms with van der Waals surface area (Å²) >= 11 is 0. The van der Waals surface area contributed by atoms with Gasteiger partial charge in [0.2, 0.25) is 0 Å². The van der Waals surface area contributed by atoms with Crippen LogP contribution in [0.5, 0.6) is 0 Å². The Morgan fingerprint density at radius 3 is 2.59 bits per heavy atom. The molecule has 0 bridgehead atoms. The van der Waals surface area contributed by atoms with E-state index in [1.54, 1.807) is 0 Å². The first-order valence-electron chi connectivity index (χ1n) is 7.19. The zero-order chi connectivity index (χ0) is 12.1. The maximum Gasteiger partial charge on any atom is 0.0967 e. The molecule has 3 nitrogen and oxygen atoms in total. The van der Waals surface area contributed by atoms with E-state index in [-0.39, 0.29) is 6.04 Å². The standard InChI is InChI=1S/C14H25N3/c1-2-17(11-12-4-3-5-12)9-8-14(10-15)16-13-6-7-13/h12-14,16H,2-9,11H2,1H3. The molecule has 17 heavy (non-hydrogen) atoms. The predicted octanol–water partition coefficient (Wildman–Crippen LogP) is 2.14. The van der Waals surface area contributed by atoms with Crippen LogP contribution in [0.2, 0.25) is 0 Å². The zero-order valence-corrected chi connectivity index (χ0v) is 11.0. The fraction of sp³-hybridized carbons (Fsp3) is 0.929. The second-order valence-electron chi connectivity index (χ2n) is 5.60. The maximum absolute atomic E-state index is 9.10. The Morgan fingerprint density at radius 1 is 1.35 bits per heavy atom. The van der Waals surface area contributed by atoms with Gasteiger partial charge in [-0.05, 0) is 44.6 Å². The first kappa shape index (κ1) is 12.9. The third-order valence-corrected chi connectivity index (χ3v) is 4.09. The SMILES string of the molecule is CCN(CCC(C#N)NC1CC1)CC1CCC1. The molecule has 1 atom stereocenters. The van der Waals surface area contributed by atoms with Crippen LogP contribution in [0.4, 0.5) is 0 Å². The van der Waals surface area contributed by atoms with Gasteiger partial charge in [0.25, 0.3) is 0 Å². The lowest BCUT2D eigenvalue weighted by Gasteiger charge is -2.32. The van der Waals surface area contributed by atoms with E-state index in [4.69, 9.17) is 5.26 Å². The van der Waals surface area contributed by atoms with Crippen LogP contribution in [0, 0.1) is 17.2 Å². The molecule has 0 aromatic rings. The molecule has 0 aliphatic heterocycles. The smallest absolute Gasteiger partial charge is 0.0967 e. The predicted molar refractivity (Wildman–Crippen MR) is 69.6 cm³/mol. The van der Waals surface area contributed by atoms with Crippen molar-refractivity contribution in [1.29, 1.82) is 5.26 Å². The van der Waals surface area contributed by atoms with Crippen LogP contribution in [0.25, 0.3) is 0 Å². The van der Waals surface area contributed by atoms with E-state index in [0.717, 1.165) is 25.4 Å². The van der Waals surface area contributed by atoms with Crippen LogP contribution in [-0.2, 0) is 0 Å². The number of rotatable bonds is 8. The molecule has 0 spiro atoms. The van der Waals surface area contributed by atoms with Crippen LogP contribution in [0.3, 0.4) is 0 Å². The van der Waals surface area contributed by atoms with Crippen molar-refractivity contribution in [2.24, 2.45) is 5.92 Å². The first-order chi connectivity index (χ1) is 8.31. The number of nitrogens with one attached hydrogen (secondary N) is 1. The van der Waals surface area contributed by atoms with E-state index in [0.29, 0.717) is 6.04 Å². The van der Waals surface area contributed by atoms with Crippen molar-refractivity contribution in [2.75, 3.05) is 19.6 Å². The Kier molecular flexibility index (Phi) is 4.82. The molecule has 96 valence electrons. The van der Waals surface area contributed by atoms with Gasteiger partial charge in [-0.15, -0.1) is 0 Å². The molecular formula is C14H25N3. The summed E-state index contributed by atoms with van der Waals surface area (Å²) in [5.74, 6) is 0.937. The van der Waals surface area contributed by atoms with Crippen LogP contribution in [-0.4, -0.2) is 36.6 Å². The lowest BCUT2D eigenvalue weighted by atomic mass is 9.85. The average molecular weight is 235 g/mol. The molecule has 1 unspecified atom stereocenters. The average Bonchev–Trinajstić information content (AvgIpc) is 3.09. The molecule has 3 heteroatoms. The van der Waals surface area contributed by atoms with Gasteiger partial charge in [0, 0.05) is 19.1 Å². The van der Waals surface area contributed by atoms with Crippen molar-refractivity contribution in [1.82, 2.24) is 10.2 Å². The molecule has 1 N–H and O–H groups in total. The van der Waals surface area contributed by atoms with E-state index in [1.807, 2.05) is 0 Å². The summed E-state index contributed by atoms with van der Waals surface area (Å²) in [4.78, 5) is 2.52. The third-order valence-electron chi connectivity index (χ3n) is 4.09. The zero-order valence-electron chi connectivity index (χ0n) is 11.0. The lowest BCUT2D eigenvalue weighted by Crippen LogP contribution is -2.37. The Labute approximate surface area is 105 Å². The van der Waals surface area contributed by atoms with Gasteiger partial charge in [0.05, 0.1) is 12.1 Å². The van der Waals surface area contributed by atoms with Crippen molar-refractivity contribution >= 4 is 0 Å². The van der Waals surface area contributed by atoms with E-state index < -0.39 is 0 Å². The Morgan fingerprint density at radius 2 is 2.12 bits per heavy atom. The highest BCUT2D eigenvalue weighted by molar-refractivity contribution is 4.96. The van der Waals surface area contributed by atoms with Gasteiger partial charge in [0.1, 0.15) is 0 Å². The fourth-order valence-electron chi connectivity index (χ4n) is 2.45. The minimum absolute atomic E-state index is 0.0675. The molecule has 2 fully saturated rings. The van der Waals surface area contributed by atoms with Crippen molar-refractivity contribution in [2.45, 2.75) is 57.5 Å². The summed E-state index contributed by atoms with van der Waals surface area (Å²) in [6, 6.07) is 3.10. The van der Waals surface area contributed by atoms with Crippen LogP contribution in [0.15, 0.2) is 0 Å². The van der Waals surface area contributed by atoms with E-state index in [9.17, 15) is 0 Å². The quantitative estimate of drug-likeness (QED) is 0.700. The van der Waals surface area contributed by atoms with Crippen molar-refractivity contribution < 1.29 is 0 Å². The highest BCUT2D eigenvalue weighted by atomic mass is 15.1. The first-order valence-corrected chi connectivity index (χ1v) is 7.19. The van der Waals surface area contributed by atoms with Gasteiger partial charge >= 0.3 is 0 Å². The molecule has 0 aromatic carbocycles. The summed E-state index contributed by atoms with van der Waals surface area (Å²) in [5.41, 5.74) is 0. The Hall–Kier alpha value is -0.590. The molecular weight excluding hydrogens is 210 g/mol. The minimum atomic E-state index is 0.0675. The normalized spacial score (nSPS) is 22.2. The van der Waals surface area contributed by atoms with E-state index >= 15 is 0 Å². The number of nitriles is 1. The largest absolute Gasteiger partial charge is 0.303 e. The highest BCUT2D eigenvalue weighted by Gasteiger charge is 2.25. The third kappa shape index (κ3) is 4.29.